The molecule has 1 aliphatic rings. The third kappa shape index (κ3) is 2.52. The molecule has 8 heteroatoms. The summed E-state index contributed by atoms with van der Waals surface area (Å²) in [7, 11) is -3.92. The van der Waals surface area contributed by atoms with Crippen LogP contribution in [0, 0.1) is 0 Å². The molecule has 0 saturated carbocycles. The van der Waals surface area contributed by atoms with Gasteiger partial charge in [0.25, 0.3) is 0 Å². The van der Waals surface area contributed by atoms with Crippen LogP contribution in [-0.2, 0) is 14.8 Å². The molecule has 1 unspecified atom stereocenters. The molecule has 0 aliphatic carbocycles. The maximum atomic E-state index is 12.4. The van der Waals surface area contributed by atoms with E-state index in [1.165, 1.54) is 18.2 Å². The summed E-state index contributed by atoms with van der Waals surface area (Å²) >= 11 is 0. The lowest BCUT2D eigenvalue weighted by molar-refractivity contribution is -0.121. The van der Waals surface area contributed by atoms with Gasteiger partial charge in [0.05, 0.1) is 10.5 Å². The van der Waals surface area contributed by atoms with E-state index in [0.717, 1.165) is 10.4 Å². The molecule has 1 aromatic carbocycles. The lowest BCUT2D eigenvalue weighted by atomic mass is 10.2. The first-order valence-corrected chi connectivity index (χ1v) is 7.42. The fourth-order valence-corrected chi connectivity index (χ4v) is 3.95. The van der Waals surface area contributed by atoms with Gasteiger partial charge in [-0.05, 0) is 31.0 Å². The van der Waals surface area contributed by atoms with E-state index in [2.05, 4.69) is 0 Å². The van der Waals surface area contributed by atoms with Crippen molar-refractivity contribution >= 4 is 21.9 Å². The van der Waals surface area contributed by atoms with Crippen LogP contribution in [0.25, 0.3) is 0 Å². The van der Waals surface area contributed by atoms with Gasteiger partial charge in [0.2, 0.25) is 15.9 Å². The number of sulfonamides is 1. The fraction of sp³-hybridized carbons (Fsp3) is 0.333. The second kappa shape index (κ2) is 5.22. The number of hydrogen-bond donors (Lipinski definition) is 2. The summed E-state index contributed by atoms with van der Waals surface area (Å²) in [5, 5.41) is 8.90. The van der Waals surface area contributed by atoms with E-state index in [-0.39, 0.29) is 17.0 Å². The molecule has 0 aromatic heterocycles. The van der Waals surface area contributed by atoms with Crippen LogP contribution >= 0.6 is 0 Å². The van der Waals surface area contributed by atoms with Crippen LogP contribution in [0.5, 0.6) is 0 Å². The molecule has 2 rings (SSSR count). The first-order chi connectivity index (χ1) is 9.34. The van der Waals surface area contributed by atoms with Gasteiger partial charge in [0, 0.05) is 6.54 Å². The molecule has 108 valence electrons. The molecule has 1 amide bonds. The number of carboxylic acid groups (broad SMARTS) is 1. The van der Waals surface area contributed by atoms with Gasteiger partial charge in [0.15, 0.2) is 0 Å². The molecule has 1 aromatic rings. The summed E-state index contributed by atoms with van der Waals surface area (Å²) in [5.74, 6) is -1.91. The Kier molecular flexibility index (Phi) is 3.78. The Labute approximate surface area is 116 Å². The van der Waals surface area contributed by atoms with Gasteiger partial charge < -0.3 is 10.8 Å². The average Bonchev–Trinajstić information content (AvgIpc) is 2.89. The average molecular weight is 298 g/mol. The van der Waals surface area contributed by atoms with Gasteiger partial charge >= 0.3 is 5.97 Å². The minimum absolute atomic E-state index is 0.124. The Hall–Kier alpha value is -1.93. The quantitative estimate of drug-likeness (QED) is 0.812. The molecule has 1 fully saturated rings. The van der Waals surface area contributed by atoms with Crippen LogP contribution in [0.4, 0.5) is 0 Å². The predicted molar refractivity (Wildman–Crippen MR) is 69.5 cm³/mol. The van der Waals surface area contributed by atoms with Crippen molar-refractivity contribution in [1.82, 2.24) is 4.31 Å². The molecule has 0 bridgehead atoms. The first-order valence-electron chi connectivity index (χ1n) is 5.98. The summed E-state index contributed by atoms with van der Waals surface area (Å²) in [4.78, 5) is 22.0. The smallest absolute Gasteiger partial charge is 0.335 e. The number of nitrogens with two attached hydrogens (primary N) is 1. The first kappa shape index (κ1) is 14.5. The molecule has 3 N–H and O–H groups in total. The zero-order valence-corrected chi connectivity index (χ0v) is 11.3. The standard InChI is InChI=1S/C12H14N2O5S/c13-11(15)10-5-2-6-14(10)20(18,19)9-4-1-3-8(7-9)12(16)17/h1,3-4,7,10H,2,5-6H2,(H2,13,15)(H,16,17). The van der Waals surface area contributed by atoms with Crippen LogP contribution in [0.2, 0.25) is 0 Å². The molecular formula is C12H14N2O5S. The number of carbonyl (C=O) groups excluding carboxylic acids is 1. The van der Waals surface area contributed by atoms with Crippen LogP contribution in [0.3, 0.4) is 0 Å². The third-order valence-electron chi connectivity index (χ3n) is 3.22. The monoisotopic (exact) mass is 298 g/mol. The molecule has 1 aliphatic heterocycles. The minimum Gasteiger partial charge on any atom is -0.478 e. The van der Waals surface area contributed by atoms with Gasteiger partial charge in [-0.1, -0.05) is 6.07 Å². The molecule has 1 saturated heterocycles. The van der Waals surface area contributed by atoms with Crippen LogP contribution in [0.1, 0.15) is 23.2 Å². The highest BCUT2D eigenvalue weighted by atomic mass is 32.2. The highest BCUT2D eigenvalue weighted by molar-refractivity contribution is 7.89. The van der Waals surface area contributed by atoms with Crippen LogP contribution in [0.15, 0.2) is 29.2 Å². The van der Waals surface area contributed by atoms with Gasteiger partial charge in [-0.25, -0.2) is 13.2 Å². The summed E-state index contributed by atoms with van der Waals surface area (Å²) < 4.78 is 25.9. The second-order valence-electron chi connectivity index (χ2n) is 4.51. The summed E-state index contributed by atoms with van der Waals surface area (Å²) in [6, 6.07) is 4.17. The number of hydrogen-bond acceptors (Lipinski definition) is 4. The van der Waals surface area contributed by atoms with Gasteiger partial charge in [-0.3, -0.25) is 4.79 Å². The minimum atomic E-state index is -3.92. The molecule has 1 heterocycles. The lowest BCUT2D eigenvalue weighted by Gasteiger charge is -2.21. The number of primary amides is 1. The van der Waals surface area contributed by atoms with Gasteiger partial charge in [0.1, 0.15) is 6.04 Å². The van der Waals surface area contributed by atoms with E-state index < -0.39 is 27.9 Å². The molecule has 0 radical (unpaired) electrons. The third-order valence-corrected chi connectivity index (χ3v) is 5.12. The van der Waals surface area contributed by atoms with Crippen molar-refractivity contribution in [2.45, 2.75) is 23.8 Å². The van der Waals surface area contributed by atoms with Crippen molar-refractivity contribution in [1.29, 1.82) is 0 Å². The molecule has 1 atom stereocenters. The number of nitrogens with zero attached hydrogens (tertiary/aromatic N) is 1. The van der Waals surface area contributed by atoms with Crippen molar-refractivity contribution in [3.63, 3.8) is 0 Å². The fourth-order valence-electron chi connectivity index (χ4n) is 2.24. The zero-order chi connectivity index (χ0) is 14.9. The zero-order valence-electron chi connectivity index (χ0n) is 10.5. The van der Waals surface area contributed by atoms with Crippen molar-refractivity contribution in [2.24, 2.45) is 5.73 Å². The number of amides is 1. The Morgan fingerprint density at radius 2 is 2.05 bits per heavy atom. The van der Waals surface area contributed by atoms with Gasteiger partial charge in [-0.15, -0.1) is 0 Å². The number of carboxylic acids is 1. The van der Waals surface area contributed by atoms with E-state index in [4.69, 9.17) is 10.8 Å². The van der Waals surface area contributed by atoms with E-state index in [1.54, 1.807) is 0 Å². The summed E-state index contributed by atoms with van der Waals surface area (Å²) in [6.07, 6.45) is 0.929. The van der Waals surface area contributed by atoms with Crippen molar-refractivity contribution in [3.8, 4) is 0 Å². The number of aromatic carboxylic acids is 1. The molecular weight excluding hydrogens is 284 g/mol. The summed E-state index contributed by atoms with van der Waals surface area (Å²) in [5.41, 5.74) is 5.08. The van der Waals surface area contributed by atoms with Crippen molar-refractivity contribution < 1.29 is 23.1 Å². The number of carbonyl (C=O) groups is 2. The summed E-state index contributed by atoms with van der Waals surface area (Å²) in [6.45, 7) is 0.202. The van der Waals surface area contributed by atoms with E-state index in [9.17, 15) is 18.0 Å². The number of benzene rings is 1. The Morgan fingerprint density at radius 1 is 1.35 bits per heavy atom. The normalized spacial score (nSPS) is 19.9. The molecule has 0 spiro atoms. The lowest BCUT2D eigenvalue weighted by Crippen LogP contribution is -2.43. The van der Waals surface area contributed by atoms with E-state index >= 15 is 0 Å². The second-order valence-corrected chi connectivity index (χ2v) is 6.40. The van der Waals surface area contributed by atoms with E-state index in [0.29, 0.717) is 12.8 Å². The Balaban J connectivity index is 2.42. The van der Waals surface area contributed by atoms with Gasteiger partial charge in [-0.2, -0.15) is 4.31 Å². The van der Waals surface area contributed by atoms with Crippen molar-refractivity contribution in [2.75, 3.05) is 6.54 Å². The maximum Gasteiger partial charge on any atom is 0.335 e. The van der Waals surface area contributed by atoms with E-state index in [1.807, 2.05) is 0 Å². The SMILES string of the molecule is NC(=O)C1CCCN1S(=O)(=O)c1cccc(C(=O)O)c1. The van der Waals surface area contributed by atoms with Crippen LogP contribution in [-0.4, -0.2) is 42.3 Å². The highest BCUT2D eigenvalue weighted by Gasteiger charge is 2.38. The molecule has 20 heavy (non-hydrogen) atoms. The topological polar surface area (TPSA) is 118 Å². The van der Waals surface area contributed by atoms with Crippen LogP contribution < -0.4 is 5.73 Å². The largest absolute Gasteiger partial charge is 0.478 e. The number of rotatable bonds is 4. The predicted octanol–water partition coefficient (Wildman–Crippen LogP) is 0.0232. The Morgan fingerprint density at radius 3 is 2.65 bits per heavy atom. The molecule has 7 nitrogen and oxygen atoms in total. The highest BCUT2D eigenvalue weighted by Crippen LogP contribution is 2.26. The van der Waals surface area contributed by atoms with Crippen molar-refractivity contribution in [3.05, 3.63) is 29.8 Å². The Bertz CT molecular complexity index is 656. The maximum absolute atomic E-state index is 12.4.